The standard InChI is InChI=1S/C48H52N4/c1-45(2,3)29-13-17-37-33(25-29)34-26-30(46(4,5)6)14-18-38(34)51(37)41-21-22-42(44-43(41)49-23-24-50-44)52-39-19-15-31(47(7,8)9)27-35(39)36-28-32(48(10,11)12)16-20-40(36)52/h13-28H,1-12H3. The molecule has 264 valence electrons. The molecule has 0 aliphatic carbocycles. The van der Waals surface area contributed by atoms with Crippen molar-refractivity contribution in [2.75, 3.05) is 0 Å². The zero-order chi connectivity index (χ0) is 37.1. The van der Waals surface area contributed by atoms with E-state index in [2.05, 4.69) is 177 Å². The minimum atomic E-state index is 0.0354. The molecule has 0 N–H and O–H groups in total. The first-order valence-corrected chi connectivity index (χ1v) is 18.8. The van der Waals surface area contributed by atoms with E-state index in [1.54, 1.807) is 0 Å². The molecule has 0 amide bonds. The van der Waals surface area contributed by atoms with E-state index in [1.165, 1.54) is 65.9 Å². The van der Waals surface area contributed by atoms with Crippen molar-refractivity contribution in [1.82, 2.24) is 19.1 Å². The van der Waals surface area contributed by atoms with Crippen molar-refractivity contribution >= 4 is 54.6 Å². The number of fused-ring (bicyclic) bond motifs is 7. The number of hydrogen-bond donors (Lipinski definition) is 0. The molecule has 4 heteroatoms. The van der Waals surface area contributed by atoms with Crippen LogP contribution in [0.1, 0.15) is 105 Å². The molecule has 4 nitrogen and oxygen atoms in total. The molecule has 0 saturated heterocycles. The van der Waals surface area contributed by atoms with Gasteiger partial charge in [-0.1, -0.05) is 107 Å². The molecule has 3 aromatic heterocycles. The smallest absolute Gasteiger partial charge is 0.115 e. The second kappa shape index (κ2) is 11.3. The average molecular weight is 685 g/mol. The van der Waals surface area contributed by atoms with Crippen molar-refractivity contribution in [3.63, 3.8) is 0 Å². The molecule has 0 radical (unpaired) electrons. The van der Waals surface area contributed by atoms with Crippen LogP contribution in [0.25, 0.3) is 66.0 Å². The first-order chi connectivity index (χ1) is 24.3. The Labute approximate surface area is 308 Å². The normalized spacial score (nSPS) is 13.4. The van der Waals surface area contributed by atoms with Crippen molar-refractivity contribution in [1.29, 1.82) is 0 Å². The number of nitrogens with zero attached hydrogens (tertiary/aromatic N) is 4. The van der Waals surface area contributed by atoms with E-state index in [0.717, 1.165) is 22.4 Å². The second-order valence-electron chi connectivity index (χ2n) is 19.0. The van der Waals surface area contributed by atoms with Crippen molar-refractivity contribution < 1.29 is 0 Å². The van der Waals surface area contributed by atoms with Gasteiger partial charge in [-0.2, -0.15) is 0 Å². The molecule has 8 rings (SSSR count). The van der Waals surface area contributed by atoms with Crippen molar-refractivity contribution in [2.45, 2.75) is 105 Å². The third-order valence-electron chi connectivity index (χ3n) is 11.1. The van der Waals surface area contributed by atoms with E-state index < -0.39 is 0 Å². The topological polar surface area (TPSA) is 35.6 Å². The summed E-state index contributed by atoms with van der Waals surface area (Å²) in [6.45, 7) is 27.5. The Hall–Kier alpha value is -4.96. The Morgan fingerprint density at radius 3 is 0.827 bits per heavy atom. The monoisotopic (exact) mass is 684 g/mol. The van der Waals surface area contributed by atoms with Crippen LogP contribution in [0.15, 0.2) is 97.3 Å². The van der Waals surface area contributed by atoms with Crippen LogP contribution >= 0.6 is 0 Å². The molecule has 0 atom stereocenters. The molecule has 0 aliphatic rings. The molecule has 0 fully saturated rings. The largest absolute Gasteiger partial charge is 0.307 e. The average Bonchev–Trinajstić information content (AvgIpc) is 3.57. The molecule has 0 bridgehead atoms. The van der Waals surface area contributed by atoms with Crippen LogP contribution in [0, 0.1) is 0 Å². The van der Waals surface area contributed by atoms with E-state index in [-0.39, 0.29) is 21.7 Å². The van der Waals surface area contributed by atoms with E-state index >= 15 is 0 Å². The van der Waals surface area contributed by atoms with Crippen LogP contribution < -0.4 is 0 Å². The van der Waals surface area contributed by atoms with Gasteiger partial charge in [0.05, 0.1) is 33.4 Å². The van der Waals surface area contributed by atoms with Gasteiger partial charge in [0.25, 0.3) is 0 Å². The van der Waals surface area contributed by atoms with Gasteiger partial charge in [-0.05, 0) is 105 Å². The lowest BCUT2D eigenvalue weighted by molar-refractivity contribution is 0.590. The van der Waals surface area contributed by atoms with Gasteiger partial charge >= 0.3 is 0 Å². The molecule has 3 heterocycles. The maximum absolute atomic E-state index is 5.09. The van der Waals surface area contributed by atoms with Crippen molar-refractivity contribution in [3.8, 4) is 11.4 Å². The lowest BCUT2D eigenvalue weighted by Crippen LogP contribution is -2.10. The number of rotatable bonds is 2. The summed E-state index contributed by atoms with van der Waals surface area (Å²) in [7, 11) is 0. The van der Waals surface area contributed by atoms with E-state index in [9.17, 15) is 0 Å². The zero-order valence-corrected chi connectivity index (χ0v) is 33.0. The van der Waals surface area contributed by atoms with Crippen molar-refractivity contribution in [2.24, 2.45) is 0 Å². The minimum Gasteiger partial charge on any atom is -0.307 e. The van der Waals surface area contributed by atoms with Gasteiger partial charge < -0.3 is 9.13 Å². The van der Waals surface area contributed by atoms with E-state index in [0.29, 0.717) is 0 Å². The highest BCUT2D eigenvalue weighted by atomic mass is 15.0. The first-order valence-electron chi connectivity index (χ1n) is 18.8. The highest BCUT2D eigenvalue weighted by molar-refractivity contribution is 6.13. The van der Waals surface area contributed by atoms with E-state index in [1.807, 2.05) is 12.4 Å². The molecular weight excluding hydrogens is 633 g/mol. The molecule has 8 aromatic rings. The zero-order valence-electron chi connectivity index (χ0n) is 33.0. The molecular formula is C48H52N4. The highest BCUT2D eigenvalue weighted by Crippen LogP contribution is 2.42. The van der Waals surface area contributed by atoms with Gasteiger partial charge in [-0.3, -0.25) is 9.97 Å². The second-order valence-corrected chi connectivity index (χ2v) is 19.0. The van der Waals surface area contributed by atoms with Gasteiger partial charge in [0, 0.05) is 33.9 Å². The summed E-state index contributed by atoms with van der Waals surface area (Å²) in [6.07, 6.45) is 3.66. The van der Waals surface area contributed by atoms with Crippen molar-refractivity contribution in [3.05, 3.63) is 120 Å². The molecule has 5 aromatic carbocycles. The summed E-state index contributed by atoms with van der Waals surface area (Å²) in [5.41, 5.74) is 14.0. The Balaban J connectivity index is 1.44. The molecule has 0 spiro atoms. The number of aromatic nitrogens is 4. The number of hydrogen-bond acceptors (Lipinski definition) is 2. The third kappa shape index (κ3) is 5.41. The van der Waals surface area contributed by atoms with Crippen LogP contribution in [0.5, 0.6) is 0 Å². The number of benzene rings is 5. The van der Waals surface area contributed by atoms with Crippen LogP contribution in [-0.4, -0.2) is 19.1 Å². The fraction of sp³-hybridized carbons (Fsp3) is 0.333. The van der Waals surface area contributed by atoms with Gasteiger partial charge in [0.15, 0.2) is 0 Å². The van der Waals surface area contributed by atoms with Gasteiger partial charge in [-0.25, -0.2) is 0 Å². The SMILES string of the molecule is CC(C)(C)c1ccc2c(c1)c1cc(C(C)(C)C)ccc1n2-c1ccc(-n2c3ccc(C(C)(C)C)cc3c3cc(C(C)(C)C)ccc32)c2nccnc12. The van der Waals surface area contributed by atoms with Crippen LogP contribution in [-0.2, 0) is 21.7 Å². The Bertz CT molecular complexity index is 2380. The summed E-state index contributed by atoms with van der Waals surface area (Å²) >= 11 is 0. The molecule has 0 aliphatic heterocycles. The summed E-state index contributed by atoms with van der Waals surface area (Å²) < 4.78 is 4.81. The van der Waals surface area contributed by atoms with E-state index in [4.69, 9.17) is 9.97 Å². The summed E-state index contributed by atoms with van der Waals surface area (Å²) in [4.78, 5) is 10.2. The Morgan fingerprint density at radius 2 is 0.596 bits per heavy atom. The van der Waals surface area contributed by atoms with Gasteiger partial charge in [0.1, 0.15) is 11.0 Å². The lowest BCUT2D eigenvalue weighted by atomic mass is 9.85. The summed E-state index contributed by atoms with van der Waals surface area (Å²) in [5.74, 6) is 0. The van der Waals surface area contributed by atoms with Crippen LogP contribution in [0.3, 0.4) is 0 Å². The molecule has 0 saturated carbocycles. The predicted molar refractivity (Wildman–Crippen MR) is 223 cm³/mol. The molecule has 0 unspecified atom stereocenters. The van der Waals surface area contributed by atoms with Gasteiger partial charge in [0.2, 0.25) is 0 Å². The maximum atomic E-state index is 5.09. The predicted octanol–water partition coefficient (Wildman–Crippen LogP) is 13.0. The Kier molecular flexibility index (Phi) is 7.40. The van der Waals surface area contributed by atoms with Crippen LogP contribution in [0.2, 0.25) is 0 Å². The Morgan fingerprint density at radius 1 is 0.346 bits per heavy atom. The maximum Gasteiger partial charge on any atom is 0.115 e. The fourth-order valence-corrected chi connectivity index (χ4v) is 7.82. The fourth-order valence-electron chi connectivity index (χ4n) is 7.82. The summed E-state index contributed by atoms with van der Waals surface area (Å²) in [5, 5.41) is 5.06. The summed E-state index contributed by atoms with van der Waals surface area (Å²) in [6, 6.07) is 32.5. The highest BCUT2D eigenvalue weighted by Gasteiger charge is 2.25. The minimum absolute atomic E-state index is 0.0354. The quantitative estimate of drug-likeness (QED) is 0.182. The third-order valence-corrected chi connectivity index (χ3v) is 11.1. The van der Waals surface area contributed by atoms with Gasteiger partial charge in [-0.15, -0.1) is 0 Å². The van der Waals surface area contributed by atoms with Crippen LogP contribution in [0.4, 0.5) is 0 Å². The first kappa shape index (κ1) is 34.1. The molecule has 52 heavy (non-hydrogen) atoms. The lowest BCUT2D eigenvalue weighted by Gasteiger charge is -2.20.